The van der Waals surface area contributed by atoms with Crippen molar-refractivity contribution < 1.29 is 14.4 Å². The average molecular weight is 386 g/mol. The maximum Gasteiger partial charge on any atom is 0.229 e. The van der Waals surface area contributed by atoms with Gasteiger partial charge in [-0.1, -0.05) is 0 Å². The summed E-state index contributed by atoms with van der Waals surface area (Å²) in [5.74, 6) is -0.566. The van der Waals surface area contributed by atoms with Gasteiger partial charge in [-0.3, -0.25) is 19.3 Å². The molecule has 1 fully saturated rings. The summed E-state index contributed by atoms with van der Waals surface area (Å²) < 4.78 is 1.10. The summed E-state index contributed by atoms with van der Waals surface area (Å²) >= 11 is 2.21. The molecule has 0 spiro atoms. The van der Waals surface area contributed by atoms with Gasteiger partial charge >= 0.3 is 0 Å². The lowest BCUT2D eigenvalue weighted by Gasteiger charge is -2.14. The predicted octanol–water partition coefficient (Wildman–Crippen LogP) is 2.08. The summed E-state index contributed by atoms with van der Waals surface area (Å²) in [6.07, 6.45) is 0.649. The fraction of sp³-hybridized carbons (Fsp3) is 0.357. The first-order valence-electron chi connectivity index (χ1n) is 6.36. The van der Waals surface area contributed by atoms with E-state index in [1.807, 2.05) is 25.1 Å². The van der Waals surface area contributed by atoms with Gasteiger partial charge in [-0.2, -0.15) is 0 Å². The maximum atomic E-state index is 11.9. The molecule has 1 aromatic carbocycles. The number of aryl methyl sites for hydroxylation is 1. The smallest absolute Gasteiger partial charge is 0.229 e. The molecule has 1 aliphatic rings. The van der Waals surface area contributed by atoms with Crippen LogP contribution >= 0.6 is 22.6 Å². The van der Waals surface area contributed by atoms with Gasteiger partial charge in [-0.25, -0.2) is 0 Å². The highest BCUT2D eigenvalue weighted by molar-refractivity contribution is 14.1. The van der Waals surface area contributed by atoms with E-state index in [0.29, 0.717) is 0 Å². The number of anilines is 1. The zero-order chi connectivity index (χ0) is 14.7. The fourth-order valence-electron chi connectivity index (χ4n) is 2.07. The van der Waals surface area contributed by atoms with E-state index in [4.69, 9.17) is 0 Å². The number of likely N-dealkylation sites (tertiary alicyclic amines) is 1. The number of halogens is 1. The van der Waals surface area contributed by atoms with Crippen LogP contribution in [0.25, 0.3) is 0 Å². The van der Waals surface area contributed by atoms with Gasteiger partial charge in [0.2, 0.25) is 17.7 Å². The van der Waals surface area contributed by atoms with Gasteiger partial charge in [-0.15, -0.1) is 0 Å². The first-order valence-corrected chi connectivity index (χ1v) is 7.44. The normalized spacial score (nSPS) is 14.8. The minimum atomic E-state index is -0.193. The summed E-state index contributed by atoms with van der Waals surface area (Å²) in [6.45, 7) is 2.08. The van der Waals surface area contributed by atoms with Gasteiger partial charge in [0, 0.05) is 35.1 Å². The molecule has 5 nitrogen and oxygen atoms in total. The van der Waals surface area contributed by atoms with E-state index in [1.54, 1.807) is 0 Å². The third kappa shape index (κ3) is 3.56. The van der Waals surface area contributed by atoms with Crippen LogP contribution in [-0.2, 0) is 14.4 Å². The molecule has 3 amide bonds. The van der Waals surface area contributed by atoms with E-state index in [0.717, 1.165) is 14.8 Å². The third-order valence-electron chi connectivity index (χ3n) is 3.18. The van der Waals surface area contributed by atoms with E-state index < -0.39 is 0 Å². The molecule has 1 N–H and O–H groups in total. The number of hydrogen-bond donors (Lipinski definition) is 1. The number of rotatable bonds is 4. The van der Waals surface area contributed by atoms with E-state index >= 15 is 0 Å². The Balaban J connectivity index is 1.89. The molecule has 0 aromatic heterocycles. The zero-order valence-corrected chi connectivity index (χ0v) is 13.3. The molecule has 0 radical (unpaired) electrons. The molecule has 1 saturated heterocycles. The van der Waals surface area contributed by atoms with Crippen LogP contribution in [0.2, 0.25) is 0 Å². The van der Waals surface area contributed by atoms with Crippen molar-refractivity contribution >= 4 is 46.0 Å². The Morgan fingerprint density at radius 3 is 2.55 bits per heavy atom. The molecule has 2 rings (SSSR count). The SMILES string of the molecule is Cc1cc(I)ccc1NC(=O)CCN1C(=O)CCC1=O. The maximum absolute atomic E-state index is 11.9. The molecule has 0 saturated carbocycles. The monoisotopic (exact) mass is 386 g/mol. The van der Waals surface area contributed by atoms with Crippen LogP contribution < -0.4 is 5.32 Å². The molecular formula is C14H15IN2O3. The highest BCUT2D eigenvalue weighted by Crippen LogP contribution is 2.18. The number of benzene rings is 1. The molecule has 6 heteroatoms. The second-order valence-corrected chi connectivity index (χ2v) is 5.94. The molecule has 106 valence electrons. The molecule has 0 bridgehead atoms. The number of carbonyl (C=O) groups excluding carboxylic acids is 3. The Morgan fingerprint density at radius 2 is 1.95 bits per heavy atom. The van der Waals surface area contributed by atoms with E-state index in [9.17, 15) is 14.4 Å². The number of nitrogens with zero attached hydrogens (tertiary/aromatic N) is 1. The lowest BCUT2D eigenvalue weighted by molar-refractivity contribution is -0.138. The molecule has 1 aromatic rings. The molecule has 0 atom stereocenters. The Bertz CT molecular complexity index is 556. The van der Waals surface area contributed by atoms with Gasteiger partial charge in [0.15, 0.2) is 0 Å². The largest absolute Gasteiger partial charge is 0.326 e. The number of amides is 3. The summed E-state index contributed by atoms with van der Waals surface area (Å²) in [4.78, 5) is 35.9. The van der Waals surface area contributed by atoms with Crippen molar-refractivity contribution in [2.75, 3.05) is 11.9 Å². The minimum absolute atomic E-state index is 0.128. The van der Waals surface area contributed by atoms with E-state index in [2.05, 4.69) is 27.9 Å². The zero-order valence-electron chi connectivity index (χ0n) is 11.1. The summed E-state index contributed by atoms with van der Waals surface area (Å²) in [7, 11) is 0. The van der Waals surface area contributed by atoms with Gasteiger partial charge in [0.1, 0.15) is 0 Å². The lowest BCUT2D eigenvalue weighted by atomic mass is 10.2. The van der Waals surface area contributed by atoms with Crippen molar-refractivity contribution in [2.45, 2.75) is 26.2 Å². The van der Waals surface area contributed by atoms with Crippen LogP contribution in [0.15, 0.2) is 18.2 Å². The Labute approximate surface area is 130 Å². The third-order valence-corrected chi connectivity index (χ3v) is 3.85. The second kappa shape index (κ2) is 6.34. The highest BCUT2D eigenvalue weighted by Gasteiger charge is 2.28. The van der Waals surface area contributed by atoms with Crippen molar-refractivity contribution in [3.63, 3.8) is 0 Å². The fourth-order valence-corrected chi connectivity index (χ4v) is 2.71. The van der Waals surface area contributed by atoms with Crippen molar-refractivity contribution in [3.8, 4) is 0 Å². The van der Waals surface area contributed by atoms with Gasteiger partial charge in [0.25, 0.3) is 0 Å². The first-order chi connectivity index (χ1) is 9.47. The average Bonchev–Trinajstić information content (AvgIpc) is 2.70. The van der Waals surface area contributed by atoms with Gasteiger partial charge in [-0.05, 0) is 53.3 Å². The summed E-state index contributed by atoms with van der Waals surface area (Å²) in [5, 5.41) is 2.80. The molecule has 1 heterocycles. The van der Waals surface area contributed by atoms with Gasteiger partial charge < -0.3 is 5.32 Å². The van der Waals surface area contributed by atoms with Crippen LogP contribution in [0.5, 0.6) is 0 Å². The summed E-state index contributed by atoms with van der Waals surface area (Å²) in [5.41, 5.74) is 1.74. The van der Waals surface area contributed by atoms with Crippen LogP contribution in [-0.4, -0.2) is 29.2 Å². The number of imide groups is 1. The van der Waals surface area contributed by atoms with E-state index in [1.165, 1.54) is 4.90 Å². The minimum Gasteiger partial charge on any atom is -0.326 e. The second-order valence-electron chi connectivity index (χ2n) is 4.70. The predicted molar refractivity (Wildman–Crippen MR) is 83.1 cm³/mol. The number of carbonyl (C=O) groups is 3. The first kappa shape index (κ1) is 15.0. The van der Waals surface area contributed by atoms with E-state index in [-0.39, 0.29) is 43.5 Å². The van der Waals surface area contributed by atoms with Crippen molar-refractivity contribution in [2.24, 2.45) is 0 Å². The molecule has 0 unspecified atom stereocenters. The highest BCUT2D eigenvalue weighted by atomic mass is 127. The van der Waals surface area contributed by atoms with Gasteiger partial charge in [0.05, 0.1) is 0 Å². The number of hydrogen-bond acceptors (Lipinski definition) is 3. The van der Waals surface area contributed by atoms with Crippen molar-refractivity contribution in [1.29, 1.82) is 0 Å². The van der Waals surface area contributed by atoms with Crippen LogP contribution in [0.1, 0.15) is 24.8 Å². The van der Waals surface area contributed by atoms with Crippen LogP contribution in [0.4, 0.5) is 5.69 Å². The standard InChI is InChI=1S/C14H15IN2O3/c1-9-8-10(15)2-3-11(9)16-12(18)6-7-17-13(19)4-5-14(17)20/h2-3,8H,4-7H2,1H3,(H,16,18). The topological polar surface area (TPSA) is 66.5 Å². The Hall–Kier alpha value is -1.44. The number of nitrogens with one attached hydrogen (secondary N) is 1. The molecule has 0 aliphatic carbocycles. The van der Waals surface area contributed by atoms with Crippen LogP contribution in [0.3, 0.4) is 0 Å². The Morgan fingerprint density at radius 1 is 1.30 bits per heavy atom. The molecular weight excluding hydrogens is 371 g/mol. The van der Waals surface area contributed by atoms with Crippen molar-refractivity contribution in [3.05, 3.63) is 27.3 Å². The Kier molecular flexibility index (Phi) is 4.74. The van der Waals surface area contributed by atoms with Crippen LogP contribution in [0, 0.1) is 10.5 Å². The van der Waals surface area contributed by atoms with Crippen molar-refractivity contribution in [1.82, 2.24) is 4.90 Å². The molecule has 1 aliphatic heterocycles. The quantitative estimate of drug-likeness (QED) is 0.637. The molecule has 20 heavy (non-hydrogen) atoms. The summed E-state index contributed by atoms with van der Waals surface area (Å²) in [6, 6.07) is 5.74. The lowest BCUT2D eigenvalue weighted by Crippen LogP contribution is -2.32.